The first-order valence-corrected chi connectivity index (χ1v) is 9.43. The quantitative estimate of drug-likeness (QED) is 0.377. The molecule has 0 atom stereocenters. The largest absolute Gasteiger partial charge is 0.323 e. The minimum absolute atomic E-state index is 0.435. The molecule has 0 spiro atoms. The summed E-state index contributed by atoms with van der Waals surface area (Å²) in [6.07, 6.45) is 0. The van der Waals surface area contributed by atoms with Gasteiger partial charge in [0.2, 0.25) is 0 Å². The van der Waals surface area contributed by atoms with Crippen molar-refractivity contribution in [3.8, 4) is 0 Å². The molecule has 0 fully saturated rings. The number of nitrogens with one attached hydrogen (secondary N) is 4. The van der Waals surface area contributed by atoms with Crippen molar-refractivity contribution >= 4 is 58.0 Å². The van der Waals surface area contributed by atoms with Crippen LogP contribution < -0.4 is 21.3 Å². The normalized spacial score (nSPS) is 10.2. The molecular formula is C21H18Cl2N4O2. The third-order valence-corrected chi connectivity index (χ3v) is 4.65. The lowest BCUT2D eigenvalue weighted by atomic mass is 10.2. The van der Waals surface area contributed by atoms with E-state index in [4.69, 9.17) is 23.2 Å². The third kappa shape index (κ3) is 5.63. The van der Waals surface area contributed by atoms with E-state index in [0.717, 1.165) is 5.56 Å². The molecule has 0 aliphatic rings. The number of carbonyl (C=O) groups is 2. The van der Waals surface area contributed by atoms with Gasteiger partial charge in [0.05, 0.1) is 21.4 Å². The molecule has 8 heteroatoms. The SMILES string of the molecule is Cc1ccc(NC(=O)Nc2ccccc2Cl)cc1NC(=O)Nc1ccccc1Cl. The van der Waals surface area contributed by atoms with E-state index in [1.165, 1.54) is 0 Å². The lowest BCUT2D eigenvalue weighted by Crippen LogP contribution is -2.21. The zero-order chi connectivity index (χ0) is 20.8. The number of anilines is 4. The summed E-state index contributed by atoms with van der Waals surface area (Å²) in [5.41, 5.74) is 2.88. The Bertz CT molecular complexity index is 1060. The molecule has 0 unspecified atom stereocenters. The number of carbonyl (C=O) groups excluding carboxylic acids is 2. The maximum absolute atomic E-state index is 12.3. The van der Waals surface area contributed by atoms with Gasteiger partial charge in [-0.15, -0.1) is 0 Å². The lowest BCUT2D eigenvalue weighted by molar-refractivity contribution is 0.261. The van der Waals surface area contributed by atoms with Crippen molar-refractivity contribution in [3.05, 3.63) is 82.3 Å². The fourth-order valence-electron chi connectivity index (χ4n) is 2.52. The van der Waals surface area contributed by atoms with Crippen LogP contribution in [0, 0.1) is 6.92 Å². The number of para-hydroxylation sites is 2. The minimum Gasteiger partial charge on any atom is -0.308 e. The highest BCUT2D eigenvalue weighted by Crippen LogP contribution is 2.24. The van der Waals surface area contributed by atoms with E-state index < -0.39 is 12.1 Å². The number of hydrogen-bond donors (Lipinski definition) is 4. The van der Waals surface area contributed by atoms with Gasteiger partial charge in [-0.2, -0.15) is 0 Å². The average molecular weight is 429 g/mol. The third-order valence-electron chi connectivity index (χ3n) is 3.99. The van der Waals surface area contributed by atoms with E-state index in [1.54, 1.807) is 66.7 Å². The van der Waals surface area contributed by atoms with Crippen LogP contribution in [0.1, 0.15) is 5.56 Å². The van der Waals surface area contributed by atoms with Crippen LogP contribution in [0.25, 0.3) is 0 Å². The summed E-state index contributed by atoms with van der Waals surface area (Å²) in [6, 6.07) is 18.1. The van der Waals surface area contributed by atoms with Crippen LogP contribution in [0.5, 0.6) is 0 Å². The molecule has 0 saturated carbocycles. The predicted octanol–water partition coefficient (Wildman–Crippen LogP) is 6.59. The summed E-state index contributed by atoms with van der Waals surface area (Å²) in [5.74, 6) is 0. The monoisotopic (exact) mass is 428 g/mol. The molecule has 3 aromatic carbocycles. The molecule has 0 bridgehead atoms. The number of urea groups is 2. The molecule has 0 aromatic heterocycles. The van der Waals surface area contributed by atoms with Gasteiger partial charge in [0, 0.05) is 11.4 Å². The van der Waals surface area contributed by atoms with E-state index in [0.29, 0.717) is 32.8 Å². The van der Waals surface area contributed by atoms with E-state index in [2.05, 4.69) is 21.3 Å². The Kier molecular flexibility index (Phi) is 6.59. The van der Waals surface area contributed by atoms with Crippen molar-refractivity contribution in [3.63, 3.8) is 0 Å². The zero-order valence-corrected chi connectivity index (χ0v) is 16.9. The Morgan fingerprint density at radius 1 is 0.655 bits per heavy atom. The molecule has 29 heavy (non-hydrogen) atoms. The summed E-state index contributed by atoms with van der Waals surface area (Å²) in [6.45, 7) is 1.85. The summed E-state index contributed by atoms with van der Waals surface area (Å²) in [4.78, 5) is 24.5. The molecule has 4 N–H and O–H groups in total. The van der Waals surface area contributed by atoms with Crippen molar-refractivity contribution in [2.75, 3.05) is 21.3 Å². The molecule has 0 aliphatic heterocycles. The smallest absolute Gasteiger partial charge is 0.308 e. The van der Waals surface area contributed by atoms with Gasteiger partial charge in [-0.05, 0) is 48.9 Å². The number of benzene rings is 3. The number of amides is 4. The molecule has 0 heterocycles. The van der Waals surface area contributed by atoms with Crippen molar-refractivity contribution in [1.29, 1.82) is 0 Å². The van der Waals surface area contributed by atoms with Gasteiger partial charge in [0.25, 0.3) is 0 Å². The van der Waals surface area contributed by atoms with Crippen molar-refractivity contribution < 1.29 is 9.59 Å². The fourth-order valence-corrected chi connectivity index (χ4v) is 2.89. The Hall–Kier alpha value is -3.22. The summed E-state index contributed by atoms with van der Waals surface area (Å²) in [5, 5.41) is 11.7. The molecule has 148 valence electrons. The highest BCUT2D eigenvalue weighted by Gasteiger charge is 2.10. The van der Waals surface area contributed by atoms with E-state index >= 15 is 0 Å². The van der Waals surface area contributed by atoms with Crippen molar-refractivity contribution in [1.82, 2.24) is 0 Å². The number of aryl methyl sites for hydroxylation is 1. The van der Waals surface area contributed by atoms with Crippen LogP contribution in [-0.4, -0.2) is 12.1 Å². The molecule has 0 radical (unpaired) electrons. The van der Waals surface area contributed by atoms with E-state index in [1.807, 2.05) is 6.92 Å². The summed E-state index contributed by atoms with van der Waals surface area (Å²) >= 11 is 12.1. The summed E-state index contributed by atoms with van der Waals surface area (Å²) in [7, 11) is 0. The van der Waals surface area contributed by atoms with Crippen molar-refractivity contribution in [2.24, 2.45) is 0 Å². The van der Waals surface area contributed by atoms with Crippen LogP contribution in [0.3, 0.4) is 0 Å². The van der Waals surface area contributed by atoms with Crippen LogP contribution in [0.2, 0.25) is 10.0 Å². The highest BCUT2D eigenvalue weighted by atomic mass is 35.5. The van der Waals surface area contributed by atoms with Crippen LogP contribution >= 0.6 is 23.2 Å². The van der Waals surface area contributed by atoms with E-state index in [9.17, 15) is 9.59 Å². The number of halogens is 2. The van der Waals surface area contributed by atoms with Crippen LogP contribution in [-0.2, 0) is 0 Å². The van der Waals surface area contributed by atoms with Crippen LogP contribution in [0.4, 0.5) is 32.3 Å². The molecule has 3 aromatic rings. The Balaban J connectivity index is 1.66. The molecule has 6 nitrogen and oxygen atoms in total. The second-order valence-corrected chi connectivity index (χ2v) is 6.96. The first kappa shape index (κ1) is 20.5. The minimum atomic E-state index is -0.451. The fraction of sp³-hybridized carbons (Fsp3) is 0.0476. The second kappa shape index (κ2) is 9.32. The standard InChI is InChI=1S/C21H18Cl2N4O2/c1-13-10-11-14(24-20(28)25-17-8-4-2-6-15(17)22)12-19(13)27-21(29)26-18-9-5-3-7-16(18)23/h2-12H,1H3,(H2,24,25,28)(H2,26,27,29). The van der Waals surface area contributed by atoms with Gasteiger partial charge in [-0.3, -0.25) is 0 Å². The predicted molar refractivity (Wildman–Crippen MR) is 119 cm³/mol. The highest BCUT2D eigenvalue weighted by molar-refractivity contribution is 6.34. The van der Waals surface area contributed by atoms with Gasteiger partial charge in [0.1, 0.15) is 0 Å². The lowest BCUT2D eigenvalue weighted by Gasteiger charge is -2.13. The molecule has 4 amide bonds. The van der Waals surface area contributed by atoms with Gasteiger partial charge < -0.3 is 21.3 Å². The Morgan fingerprint density at radius 3 is 1.69 bits per heavy atom. The molecule has 0 aliphatic carbocycles. The van der Waals surface area contributed by atoms with Gasteiger partial charge >= 0.3 is 12.1 Å². The Labute approximate surface area is 178 Å². The Morgan fingerprint density at radius 2 is 1.14 bits per heavy atom. The van der Waals surface area contributed by atoms with Crippen LogP contribution in [0.15, 0.2) is 66.7 Å². The maximum atomic E-state index is 12.3. The second-order valence-electron chi connectivity index (χ2n) is 6.15. The maximum Gasteiger partial charge on any atom is 0.323 e. The molecule has 0 saturated heterocycles. The van der Waals surface area contributed by atoms with E-state index in [-0.39, 0.29) is 0 Å². The number of rotatable bonds is 4. The topological polar surface area (TPSA) is 82.3 Å². The first-order chi connectivity index (χ1) is 13.9. The van der Waals surface area contributed by atoms with Crippen molar-refractivity contribution in [2.45, 2.75) is 6.92 Å². The van der Waals surface area contributed by atoms with Gasteiger partial charge in [-0.1, -0.05) is 53.5 Å². The zero-order valence-electron chi connectivity index (χ0n) is 15.4. The molecular weight excluding hydrogens is 411 g/mol. The number of hydrogen-bond acceptors (Lipinski definition) is 2. The van der Waals surface area contributed by atoms with Gasteiger partial charge in [-0.25, -0.2) is 9.59 Å². The average Bonchev–Trinajstić information content (AvgIpc) is 2.68. The molecule has 3 rings (SSSR count). The first-order valence-electron chi connectivity index (χ1n) is 8.68. The summed E-state index contributed by atoms with van der Waals surface area (Å²) < 4.78 is 0. The van der Waals surface area contributed by atoms with Gasteiger partial charge in [0.15, 0.2) is 0 Å².